The van der Waals surface area contributed by atoms with Crippen LogP contribution in [0, 0.1) is 0 Å². The second kappa shape index (κ2) is 9.47. The minimum atomic E-state index is -0.226. The Morgan fingerprint density at radius 1 is 1.13 bits per heavy atom. The van der Waals surface area contributed by atoms with E-state index >= 15 is 0 Å². The molecule has 7 heteroatoms. The normalized spacial score (nSPS) is 16.8. The fourth-order valence-electron chi connectivity index (χ4n) is 3.86. The Kier molecular flexibility index (Phi) is 6.51. The highest BCUT2D eigenvalue weighted by molar-refractivity contribution is 8.00. The molecule has 0 radical (unpaired) electrons. The number of nitrogens with zero attached hydrogens (tertiary/aromatic N) is 1. The molecular formula is C24H27N3O3S. The number of thioether (sulfide) groups is 1. The van der Waals surface area contributed by atoms with E-state index in [-0.39, 0.29) is 22.8 Å². The highest BCUT2D eigenvalue weighted by Crippen LogP contribution is 2.41. The van der Waals surface area contributed by atoms with E-state index < -0.39 is 0 Å². The number of nitrogens with one attached hydrogen (secondary N) is 2. The third kappa shape index (κ3) is 4.71. The van der Waals surface area contributed by atoms with Gasteiger partial charge in [-0.25, -0.2) is 0 Å². The number of anilines is 1. The third-order valence-corrected chi connectivity index (χ3v) is 6.71. The van der Waals surface area contributed by atoms with E-state index in [1.165, 1.54) is 11.8 Å². The summed E-state index contributed by atoms with van der Waals surface area (Å²) in [6.07, 6.45) is 1.91. The molecule has 1 aliphatic heterocycles. The van der Waals surface area contributed by atoms with Gasteiger partial charge in [0.1, 0.15) is 18.2 Å². The van der Waals surface area contributed by atoms with Gasteiger partial charge >= 0.3 is 0 Å². The maximum absolute atomic E-state index is 12.9. The highest BCUT2D eigenvalue weighted by Gasteiger charge is 2.31. The van der Waals surface area contributed by atoms with Gasteiger partial charge in [0.25, 0.3) is 5.56 Å². The van der Waals surface area contributed by atoms with Crippen molar-refractivity contribution in [3.63, 3.8) is 0 Å². The minimum Gasteiger partial charge on any atom is -0.489 e. The number of benzene rings is 2. The summed E-state index contributed by atoms with van der Waals surface area (Å²) in [5, 5.41) is 5.67. The van der Waals surface area contributed by atoms with Crippen LogP contribution in [0.5, 0.6) is 5.75 Å². The van der Waals surface area contributed by atoms with Gasteiger partial charge in [0, 0.05) is 6.04 Å². The van der Waals surface area contributed by atoms with E-state index in [0.717, 1.165) is 29.7 Å². The number of fused-ring (bicyclic) bond motifs is 1. The predicted octanol–water partition coefficient (Wildman–Crippen LogP) is 4.89. The van der Waals surface area contributed by atoms with Gasteiger partial charge in [-0.2, -0.15) is 0 Å². The van der Waals surface area contributed by atoms with Crippen LogP contribution in [0.3, 0.4) is 0 Å². The van der Waals surface area contributed by atoms with Crippen molar-refractivity contribution in [3.8, 4) is 5.75 Å². The van der Waals surface area contributed by atoms with E-state index in [1.807, 2.05) is 59.3 Å². The van der Waals surface area contributed by atoms with Gasteiger partial charge in [0.2, 0.25) is 5.91 Å². The molecule has 1 aliphatic rings. The van der Waals surface area contributed by atoms with Crippen LogP contribution in [0.15, 0.2) is 59.4 Å². The van der Waals surface area contributed by atoms with Gasteiger partial charge in [-0.1, -0.05) is 55.8 Å². The van der Waals surface area contributed by atoms with Crippen LogP contribution in [0.25, 0.3) is 0 Å². The number of ether oxygens (including phenoxy) is 1. The van der Waals surface area contributed by atoms with E-state index in [4.69, 9.17) is 4.74 Å². The lowest BCUT2D eigenvalue weighted by molar-refractivity contribution is -0.113. The Hall–Kier alpha value is -2.93. The van der Waals surface area contributed by atoms with Gasteiger partial charge in [0.15, 0.2) is 0 Å². The monoisotopic (exact) mass is 437 g/mol. The van der Waals surface area contributed by atoms with E-state index in [2.05, 4.69) is 24.3 Å². The molecule has 0 saturated carbocycles. The zero-order valence-electron chi connectivity index (χ0n) is 17.8. The number of hydrogen-bond acceptors (Lipinski definition) is 4. The Bertz CT molecular complexity index is 1090. The summed E-state index contributed by atoms with van der Waals surface area (Å²) in [5.74, 6) is 1.57. The molecule has 3 aromatic rings. The number of carbonyl (C=O) groups is 1. The zero-order valence-corrected chi connectivity index (χ0v) is 18.6. The van der Waals surface area contributed by atoms with Crippen LogP contribution in [0.2, 0.25) is 0 Å². The van der Waals surface area contributed by atoms with Crippen LogP contribution in [0.1, 0.15) is 54.7 Å². The summed E-state index contributed by atoms with van der Waals surface area (Å²) in [7, 11) is 0. The van der Waals surface area contributed by atoms with Crippen molar-refractivity contribution < 1.29 is 9.53 Å². The lowest BCUT2D eigenvalue weighted by Crippen LogP contribution is -2.18. The zero-order chi connectivity index (χ0) is 21.8. The summed E-state index contributed by atoms with van der Waals surface area (Å²) < 4.78 is 7.70. The van der Waals surface area contributed by atoms with Gasteiger partial charge in [-0.3, -0.25) is 19.4 Å². The van der Waals surface area contributed by atoms with Gasteiger partial charge in [-0.05, 0) is 36.6 Å². The molecule has 31 heavy (non-hydrogen) atoms. The largest absolute Gasteiger partial charge is 0.489 e. The lowest BCUT2D eigenvalue weighted by Gasteiger charge is -2.17. The van der Waals surface area contributed by atoms with Crippen molar-refractivity contribution in [2.45, 2.75) is 44.6 Å². The Morgan fingerprint density at radius 3 is 2.58 bits per heavy atom. The number of amides is 1. The smallest absolute Gasteiger partial charge is 0.270 e. The first-order valence-electron chi connectivity index (χ1n) is 10.6. The van der Waals surface area contributed by atoms with E-state index in [1.54, 1.807) is 0 Å². The maximum Gasteiger partial charge on any atom is 0.270 e. The number of aromatic nitrogens is 2. The average molecular weight is 438 g/mol. The van der Waals surface area contributed by atoms with Gasteiger partial charge in [-0.15, -0.1) is 11.8 Å². The van der Waals surface area contributed by atoms with Crippen molar-refractivity contribution >= 4 is 23.5 Å². The van der Waals surface area contributed by atoms with Crippen LogP contribution < -0.4 is 15.6 Å². The number of H-pyrrole nitrogens is 1. The molecule has 162 valence electrons. The first kappa shape index (κ1) is 21.3. The molecule has 1 aromatic heterocycles. The second-order valence-corrected chi connectivity index (χ2v) is 8.89. The number of carbonyl (C=O) groups excluding carboxylic acids is 1. The minimum absolute atomic E-state index is 0.0898. The molecule has 6 nitrogen and oxygen atoms in total. The third-order valence-electron chi connectivity index (χ3n) is 5.44. The van der Waals surface area contributed by atoms with Crippen LogP contribution in [-0.4, -0.2) is 21.4 Å². The van der Waals surface area contributed by atoms with Crippen molar-refractivity contribution in [1.82, 2.24) is 9.78 Å². The fourth-order valence-corrected chi connectivity index (χ4v) is 4.99. The van der Waals surface area contributed by atoms with Crippen molar-refractivity contribution in [1.29, 1.82) is 0 Å². The molecule has 0 fully saturated rings. The number of hydrogen-bond donors (Lipinski definition) is 2. The predicted molar refractivity (Wildman–Crippen MR) is 125 cm³/mol. The van der Waals surface area contributed by atoms with Crippen molar-refractivity contribution in [2.24, 2.45) is 0 Å². The SMILES string of the molecule is CCC[C@H](C)n1[nH]c(=O)c2c1NC(=O)CS[C@H]2c1ccc(OCc2ccccc2)cc1. The maximum atomic E-state index is 12.9. The van der Waals surface area contributed by atoms with Gasteiger partial charge in [0.05, 0.1) is 16.6 Å². The number of aromatic amines is 1. The average Bonchev–Trinajstić information content (AvgIpc) is 2.99. The van der Waals surface area contributed by atoms with Crippen LogP contribution in [0.4, 0.5) is 5.82 Å². The van der Waals surface area contributed by atoms with Crippen LogP contribution in [-0.2, 0) is 11.4 Å². The van der Waals surface area contributed by atoms with E-state index in [0.29, 0.717) is 23.7 Å². The summed E-state index contributed by atoms with van der Waals surface area (Å²) >= 11 is 1.47. The first-order chi connectivity index (χ1) is 15.1. The summed E-state index contributed by atoms with van der Waals surface area (Å²) in [5.41, 5.74) is 2.54. The molecule has 2 atom stereocenters. The molecule has 0 spiro atoms. The molecule has 0 bridgehead atoms. The topological polar surface area (TPSA) is 76.1 Å². The second-order valence-electron chi connectivity index (χ2n) is 7.79. The lowest BCUT2D eigenvalue weighted by atomic mass is 10.1. The Balaban J connectivity index is 1.60. The molecule has 2 N–H and O–H groups in total. The van der Waals surface area contributed by atoms with Crippen molar-refractivity contribution in [3.05, 3.63) is 81.6 Å². The molecule has 0 saturated heterocycles. The Morgan fingerprint density at radius 2 is 1.87 bits per heavy atom. The van der Waals surface area contributed by atoms with Crippen molar-refractivity contribution in [2.75, 3.05) is 11.1 Å². The molecule has 4 rings (SSSR count). The fraction of sp³-hybridized carbons (Fsp3) is 0.333. The summed E-state index contributed by atoms with van der Waals surface area (Å²) in [4.78, 5) is 25.3. The highest BCUT2D eigenvalue weighted by atomic mass is 32.2. The molecule has 2 aromatic carbocycles. The number of rotatable bonds is 7. The quantitative estimate of drug-likeness (QED) is 0.552. The standard InChI is InChI=1S/C24H27N3O3S/c1-3-7-16(2)27-23-21(24(29)26-27)22(31-15-20(28)25-23)18-10-12-19(13-11-18)30-14-17-8-5-4-6-9-17/h4-6,8-13,16,22H,3,7,14-15H2,1-2H3,(H,25,28)(H,26,29)/t16-,22-/m0/s1. The van der Waals surface area contributed by atoms with E-state index in [9.17, 15) is 9.59 Å². The van der Waals surface area contributed by atoms with Gasteiger partial charge < -0.3 is 10.1 Å². The molecule has 2 heterocycles. The summed E-state index contributed by atoms with van der Waals surface area (Å²) in [6.45, 7) is 4.66. The molecular weight excluding hydrogens is 410 g/mol. The Labute approximate surface area is 186 Å². The molecule has 0 aliphatic carbocycles. The van der Waals surface area contributed by atoms with Crippen LogP contribution >= 0.6 is 11.8 Å². The summed E-state index contributed by atoms with van der Waals surface area (Å²) in [6, 6.07) is 17.9. The molecule has 1 amide bonds. The molecule has 0 unspecified atom stereocenters. The first-order valence-corrected chi connectivity index (χ1v) is 11.6.